The van der Waals surface area contributed by atoms with Crippen molar-refractivity contribution in [2.24, 2.45) is 0 Å². The van der Waals surface area contributed by atoms with Crippen molar-refractivity contribution in [3.8, 4) is 5.75 Å². The third-order valence-corrected chi connectivity index (χ3v) is 3.34. The van der Waals surface area contributed by atoms with E-state index in [0.717, 1.165) is 11.1 Å². The van der Waals surface area contributed by atoms with Crippen LogP contribution in [0.15, 0.2) is 42.5 Å². The number of aryl methyl sites for hydroxylation is 1. The Balaban J connectivity index is 2.02. The van der Waals surface area contributed by atoms with E-state index in [1.165, 1.54) is 24.3 Å². The van der Waals surface area contributed by atoms with Gasteiger partial charge in [0.05, 0.1) is 0 Å². The highest BCUT2D eigenvalue weighted by Crippen LogP contribution is 2.22. The van der Waals surface area contributed by atoms with Gasteiger partial charge in [0.1, 0.15) is 11.6 Å². The quantitative estimate of drug-likeness (QED) is 0.927. The summed E-state index contributed by atoms with van der Waals surface area (Å²) in [4.78, 5) is 12.1. The van der Waals surface area contributed by atoms with Crippen LogP contribution in [0.5, 0.6) is 5.75 Å². The molecule has 0 aliphatic rings. The number of amides is 1. The van der Waals surface area contributed by atoms with Crippen LogP contribution in [0.2, 0.25) is 0 Å². The van der Waals surface area contributed by atoms with Crippen LogP contribution in [0.4, 0.5) is 10.1 Å². The van der Waals surface area contributed by atoms with Crippen LogP contribution in [-0.4, -0.2) is 12.0 Å². The van der Waals surface area contributed by atoms with Gasteiger partial charge in [0.15, 0.2) is 6.10 Å². The predicted octanol–water partition coefficient (Wildman–Crippen LogP) is 3.85. The summed E-state index contributed by atoms with van der Waals surface area (Å²) in [6, 6.07) is 11.3. The number of carbonyl (C=O) groups is 1. The molecule has 1 atom stereocenters. The van der Waals surface area contributed by atoms with E-state index in [1.54, 1.807) is 6.92 Å². The lowest BCUT2D eigenvalue weighted by Gasteiger charge is -2.17. The lowest BCUT2D eigenvalue weighted by Crippen LogP contribution is -2.30. The van der Waals surface area contributed by atoms with Crippen molar-refractivity contribution >= 4 is 11.6 Å². The number of carbonyl (C=O) groups excluding carboxylic acids is 1. The Morgan fingerprint density at radius 3 is 2.48 bits per heavy atom. The number of ether oxygens (including phenoxy) is 1. The van der Waals surface area contributed by atoms with Crippen molar-refractivity contribution in [1.29, 1.82) is 0 Å². The van der Waals surface area contributed by atoms with Crippen molar-refractivity contribution in [3.05, 3.63) is 59.4 Å². The predicted molar refractivity (Wildman–Crippen MR) is 81.0 cm³/mol. The van der Waals surface area contributed by atoms with Crippen LogP contribution in [0.3, 0.4) is 0 Å². The zero-order valence-electron chi connectivity index (χ0n) is 12.3. The number of rotatable bonds is 4. The number of nitrogens with one attached hydrogen (secondary N) is 1. The van der Waals surface area contributed by atoms with E-state index >= 15 is 0 Å². The van der Waals surface area contributed by atoms with Gasteiger partial charge in [-0.05, 0) is 62.2 Å². The van der Waals surface area contributed by atoms with Crippen LogP contribution in [0, 0.1) is 19.7 Å². The van der Waals surface area contributed by atoms with Crippen LogP contribution < -0.4 is 10.1 Å². The standard InChI is InChI=1S/C17H18FNO2/c1-11-5-4-6-16(12(11)2)21-13(3)17(20)19-15-9-7-14(18)8-10-15/h4-10,13H,1-3H3,(H,19,20)/t13-/m0/s1. The van der Waals surface area contributed by atoms with Gasteiger partial charge in [-0.2, -0.15) is 0 Å². The molecule has 0 spiro atoms. The molecule has 0 aromatic heterocycles. The van der Waals surface area contributed by atoms with Crippen LogP contribution >= 0.6 is 0 Å². The summed E-state index contributed by atoms with van der Waals surface area (Å²) in [5, 5.41) is 2.69. The molecule has 0 saturated carbocycles. The fraction of sp³-hybridized carbons (Fsp3) is 0.235. The van der Waals surface area contributed by atoms with Gasteiger partial charge in [0.25, 0.3) is 5.91 Å². The van der Waals surface area contributed by atoms with E-state index in [-0.39, 0.29) is 11.7 Å². The molecule has 2 aromatic rings. The molecule has 0 saturated heterocycles. The number of halogens is 1. The topological polar surface area (TPSA) is 38.3 Å². The first-order valence-electron chi connectivity index (χ1n) is 6.76. The average Bonchev–Trinajstić information content (AvgIpc) is 2.46. The smallest absolute Gasteiger partial charge is 0.265 e. The second-order valence-electron chi connectivity index (χ2n) is 4.95. The molecule has 21 heavy (non-hydrogen) atoms. The highest BCUT2D eigenvalue weighted by Gasteiger charge is 2.16. The molecule has 2 rings (SSSR count). The first-order valence-corrected chi connectivity index (χ1v) is 6.76. The van der Waals surface area contributed by atoms with E-state index in [2.05, 4.69) is 5.32 Å². The number of anilines is 1. The molecular weight excluding hydrogens is 269 g/mol. The molecule has 3 nitrogen and oxygen atoms in total. The maximum atomic E-state index is 12.8. The van der Waals surface area contributed by atoms with E-state index < -0.39 is 6.10 Å². The first-order chi connectivity index (χ1) is 9.97. The Morgan fingerprint density at radius 2 is 1.81 bits per heavy atom. The van der Waals surface area contributed by atoms with Gasteiger partial charge in [-0.1, -0.05) is 12.1 Å². The number of hydrogen-bond donors (Lipinski definition) is 1. The maximum absolute atomic E-state index is 12.8. The van der Waals surface area contributed by atoms with Crippen molar-refractivity contribution in [2.45, 2.75) is 26.9 Å². The van der Waals surface area contributed by atoms with E-state index in [4.69, 9.17) is 4.74 Å². The molecule has 0 aliphatic heterocycles. The summed E-state index contributed by atoms with van der Waals surface area (Å²) in [7, 11) is 0. The van der Waals surface area contributed by atoms with Crippen LogP contribution in [0.25, 0.3) is 0 Å². The molecule has 1 N–H and O–H groups in total. The van der Waals surface area contributed by atoms with Gasteiger partial charge in [-0.25, -0.2) is 4.39 Å². The Kier molecular flexibility index (Phi) is 4.58. The Hall–Kier alpha value is -2.36. The lowest BCUT2D eigenvalue weighted by molar-refractivity contribution is -0.122. The molecule has 1 amide bonds. The van der Waals surface area contributed by atoms with Crippen molar-refractivity contribution in [2.75, 3.05) is 5.32 Å². The van der Waals surface area contributed by atoms with E-state index in [9.17, 15) is 9.18 Å². The van der Waals surface area contributed by atoms with Crippen molar-refractivity contribution < 1.29 is 13.9 Å². The molecule has 4 heteroatoms. The highest BCUT2D eigenvalue weighted by atomic mass is 19.1. The van der Waals surface area contributed by atoms with E-state index in [1.807, 2.05) is 32.0 Å². The SMILES string of the molecule is Cc1cccc(O[C@@H](C)C(=O)Nc2ccc(F)cc2)c1C. The highest BCUT2D eigenvalue weighted by molar-refractivity contribution is 5.94. The number of benzene rings is 2. The van der Waals surface area contributed by atoms with Gasteiger partial charge in [0, 0.05) is 5.69 Å². The molecular formula is C17H18FNO2. The minimum absolute atomic E-state index is 0.275. The van der Waals surface area contributed by atoms with E-state index in [0.29, 0.717) is 11.4 Å². The summed E-state index contributed by atoms with van der Waals surface area (Å²) in [6.45, 7) is 5.63. The molecule has 0 radical (unpaired) electrons. The summed E-state index contributed by atoms with van der Waals surface area (Å²) >= 11 is 0. The Morgan fingerprint density at radius 1 is 1.14 bits per heavy atom. The van der Waals surface area contributed by atoms with Gasteiger partial charge in [-0.3, -0.25) is 4.79 Å². The van der Waals surface area contributed by atoms with Gasteiger partial charge >= 0.3 is 0 Å². The lowest BCUT2D eigenvalue weighted by atomic mass is 10.1. The summed E-state index contributed by atoms with van der Waals surface area (Å²) in [5.41, 5.74) is 2.66. The third-order valence-electron chi connectivity index (χ3n) is 3.34. The van der Waals surface area contributed by atoms with Crippen LogP contribution in [0.1, 0.15) is 18.1 Å². The zero-order valence-corrected chi connectivity index (χ0v) is 12.3. The fourth-order valence-electron chi connectivity index (χ4n) is 1.87. The van der Waals surface area contributed by atoms with Crippen LogP contribution in [-0.2, 0) is 4.79 Å². The molecule has 110 valence electrons. The maximum Gasteiger partial charge on any atom is 0.265 e. The second kappa shape index (κ2) is 6.39. The van der Waals surface area contributed by atoms with Crippen molar-refractivity contribution in [3.63, 3.8) is 0 Å². The Labute approximate surface area is 123 Å². The van der Waals surface area contributed by atoms with Crippen molar-refractivity contribution in [1.82, 2.24) is 0 Å². The molecule has 0 aliphatic carbocycles. The van der Waals surface area contributed by atoms with Gasteiger partial charge < -0.3 is 10.1 Å². The summed E-state index contributed by atoms with van der Waals surface area (Å²) in [6.07, 6.45) is -0.643. The second-order valence-corrected chi connectivity index (χ2v) is 4.95. The Bertz CT molecular complexity index is 638. The fourth-order valence-corrected chi connectivity index (χ4v) is 1.87. The molecule has 2 aromatic carbocycles. The van der Waals surface area contributed by atoms with Gasteiger partial charge in [0.2, 0.25) is 0 Å². The molecule has 0 fully saturated rings. The molecule has 0 bridgehead atoms. The van der Waals surface area contributed by atoms with Gasteiger partial charge in [-0.15, -0.1) is 0 Å². The summed E-state index contributed by atoms with van der Waals surface area (Å²) in [5.74, 6) is 0.0759. The average molecular weight is 287 g/mol. The minimum Gasteiger partial charge on any atom is -0.481 e. The zero-order chi connectivity index (χ0) is 15.4. The normalized spacial score (nSPS) is 11.8. The number of hydrogen-bond acceptors (Lipinski definition) is 2. The largest absolute Gasteiger partial charge is 0.481 e. The molecule has 0 unspecified atom stereocenters. The third kappa shape index (κ3) is 3.81. The summed E-state index contributed by atoms with van der Waals surface area (Å²) < 4.78 is 18.5. The minimum atomic E-state index is -0.643. The molecule has 0 heterocycles. The first kappa shape index (κ1) is 15.0. The monoisotopic (exact) mass is 287 g/mol.